The van der Waals surface area contributed by atoms with Crippen molar-refractivity contribution in [3.05, 3.63) is 45.8 Å². The molecule has 1 N–H and O–H groups in total. The summed E-state index contributed by atoms with van der Waals surface area (Å²) in [6, 6.07) is 2.22. The lowest BCUT2D eigenvalue weighted by Gasteiger charge is -2.15. The van der Waals surface area contributed by atoms with Gasteiger partial charge in [-0.1, -0.05) is 104 Å². The number of rotatable bonds is 32. The predicted octanol–water partition coefficient (Wildman–Crippen LogP) is 11.7. The van der Waals surface area contributed by atoms with Crippen LogP contribution >= 0.6 is 0 Å². The number of hydrogen-bond acceptors (Lipinski definition) is 7. The van der Waals surface area contributed by atoms with Crippen LogP contribution in [-0.4, -0.2) is 36.4 Å². The molecule has 51 heavy (non-hydrogen) atoms. The van der Waals surface area contributed by atoms with Crippen LogP contribution in [0.25, 0.3) is 0 Å². The first-order chi connectivity index (χ1) is 24.8. The Labute approximate surface area is 311 Å². The third-order valence-corrected chi connectivity index (χ3v) is 10.2. The van der Waals surface area contributed by atoms with Gasteiger partial charge in [-0.3, -0.25) is 9.59 Å². The maximum Gasteiger partial charge on any atom is 0.306 e. The van der Waals surface area contributed by atoms with Gasteiger partial charge in [0.2, 0.25) is 0 Å². The number of carbonyl (C=O) groups excluding carboxylic acids is 2. The molecule has 0 saturated heterocycles. The fourth-order valence-electron chi connectivity index (χ4n) is 6.79. The summed E-state index contributed by atoms with van der Waals surface area (Å²) in [4.78, 5) is 24.4. The second kappa shape index (κ2) is 28.0. The number of aryl methyl sites for hydroxylation is 5. The largest absolute Gasteiger partial charge is 0.466 e. The highest BCUT2D eigenvalue weighted by atomic mass is 16.6. The summed E-state index contributed by atoms with van der Waals surface area (Å²) >= 11 is 0. The smallest absolute Gasteiger partial charge is 0.306 e. The molecule has 2 aromatic rings. The normalized spacial score (nSPS) is 12.0. The Hall–Kier alpha value is -2.54. The van der Waals surface area contributed by atoms with Gasteiger partial charge < -0.3 is 23.4 Å². The Bertz CT molecular complexity index is 1190. The second-order valence-corrected chi connectivity index (χ2v) is 14.9. The Morgan fingerprint density at radius 3 is 1.63 bits per heavy atom. The third kappa shape index (κ3) is 19.8. The zero-order chi connectivity index (χ0) is 37.1. The van der Waals surface area contributed by atoms with E-state index < -0.39 is 6.10 Å². The van der Waals surface area contributed by atoms with Crippen molar-refractivity contribution in [3.63, 3.8) is 0 Å². The average molecular weight is 715 g/mol. The summed E-state index contributed by atoms with van der Waals surface area (Å²) in [5.41, 5.74) is 3.97. The van der Waals surface area contributed by atoms with Crippen LogP contribution < -0.4 is 0 Å². The van der Waals surface area contributed by atoms with Crippen molar-refractivity contribution in [3.8, 4) is 0 Å². The van der Waals surface area contributed by atoms with Gasteiger partial charge in [0.05, 0.1) is 6.61 Å². The van der Waals surface area contributed by atoms with E-state index in [0.29, 0.717) is 12.8 Å². The van der Waals surface area contributed by atoms with Gasteiger partial charge in [-0.15, -0.1) is 0 Å². The van der Waals surface area contributed by atoms with Crippen molar-refractivity contribution in [2.75, 3.05) is 13.2 Å². The van der Waals surface area contributed by atoms with Crippen molar-refractivity contribution < 1.29 is 33.0 Å². The first-order valence-corrected chi connectivity index (χ1v) is 20.9. The van der Waals surface area contributed by atoms with E-state index in [0.717, 1.165) is 82.1 Å². The van der Waals surface area contributed by atoms with E-state index in [1.54, 1.807) is 0 Å². The lowest BCUT2D eigenvalue weighted by molar-refractivity contribution is -0.161. The minimum Gasteiger partial charge on any atom is -0.466 e. The van der Waals surface area contributed by atoms with Crippen LogP contribution in [0.2, 0.25) is 0 Å². The van der Waals surface area contributed by atoms with Gasteiger partial charge in [-0.05, 0) is 82.1 Å². The molecule has 0 aliphatic heterocycles. The van der Waals surface area contributed by atoms with Gasteiger partial charge in [0.15, 0.2) is 6.10 Å². The average Bonchev–Trinajstić information content (AvgIpc) is 3.60. The second-order valence-electron chi connectivity index (χ2n) is 14.9. The van der Waals surface area contributed by atoms with E-state index in [-0.39, 0.29) is 25.2 Å². The number of esters is 2. The van der Waals surface area contributed by atoms with Crippen LogP contribution in [0, 0.1) is 20.8 Å². The molecule has 0 radical (unpaired) electrons. The SMILES string of the molecule is CCCCCc1cc(C)c(CCCCCCCCCCC(=O)OC[C@H](CO)OC(=O)CCCCCCCCCCc2oc(CCC)c(C)c2C)o1. The molecule has 0 aliphatic carbocycles. The first-order valence-electron chi connectivity index (χ1n) is 20.9. The Morgan fingerprint density at radius 1 is 0.588 bits per heavy atom. The Morgan fingerprint density at radius 2 is 1.08 bits per heavy atom. The maximum atomic E-state index is 12.3. The molecule has 0 fully saturated rings. The molecule has 0 aliphatic rings. The molecule has 0 spiro atoms. The first kappa shape index (κ1) is 44.6. The quantitative estimate of drug-likeness (QED) is 0.0595. The molecule has 0 aromatic carbocycles. The predicted molar refractivity (Wildman–Crippen MR) is 207 cm³/mol. The number of unbranched alkanes of at least 4 members (excludes halogenated alkanes) is 16. The standard InChI is InChI=1S/C44H74O7/c1-6-8-21-27-38-32-35(3)40(49-38)28-22-17-13-9-11-15-19-24-30-43(46)48-34-39(33-45)50-44(47)31-25-20-16-12-10-14-18-23-29-42-37(5)36(4)41(51-42)26-7-2/h32,39,45H,6-31,33-34H2,1-5H3/t39-/m0/s1. The van der Waals surface area contributed by atoms with Crippen molar-refractivity contribution in [2.24, 2.45) is 0 Å². The monoisotopic (exact) mass is 715 g/mol. The fraction of sp³-hybridized carbons (Fsp3) is 0.773. The molecule has 0 saturated carbocycles. The van der Waals surface area contributed by atoms with E-state index in [1.807, 2.05) is 0 Å². The molecular weight excluding hydrogens is 640 g/mol. The lowest BCUT2D eigenvalue weighted by Crippen LogP contribution is -2.28. The summed E-state index contributed by atoms with van der Waals surface area (Å²) in [6.45, 7) is 10.5. The summed E-state index contributed by atoms with van der Waals surface area (Å²) in [6.07, 6.45) is 26.7. The zero-order valence-electron chi connectivity index (χ0n) is 33.4. The molecule has 0 bridgehead atoms. The number of ether oxygens (including phenoxy) is 2. The van der Waals surface area contributed by atoms with E-state index in [1.165, 1.54) is 112 Å². The molecule has 2 aromatic heterocycles. The van der Waals surface area contributed by atoms with Crippen LogP contribution in [0.4, 0.5) is 0 Å². The zero-order valence-corrected chi connectivity index (χ0v) is 33.4. The topological polar surface area (TPSA) is 99.1 Å². The fourth-order valence-corrected chi connectivity index (χ4v) is 6.79. The molecule has 292 valence electrons. The van der Waals surface area contributed by atoms with Crippen molar-refractivity contribution in [1.29, 1.82) is 0 Å². The van der Waals surface area contributed by atoms with E-state index in [9.17, 15) is 14.7 Å². The van der Waals surface area contributed by atoms with Crippen LogP contribution in [0.5, 0.6) is 0 Å². The highest BCUT2D eigenvalue weighted by molar-refractivity contribution is 5.70. The molecule has 0 amide bonds. The number of furan rings is 2. The van der Waals surface area contributed by atoms with Crippen molar-refractivity contribution >= 4 is 11.9 Å². The van der Waals surface area contributed by atoms with Crippen molar-refractivity contribution in [1.82, 2.24) is 0 Å². The van der Waals surface area contributed by atoms with Crippen LogP contribution in [0.1, 0.15) is 195 Å². The van der Waals surface area contributed by atoms with Gasteiger partial charge >= 0.3 is 11.9 Å². The molecule has 7 heteroatoms. The van der Waals surface area contributed by atoms with E-state index >= 15 is 0 Å². The minimum atomic E-state index is -0.793. The number of aliphatic hydroxyl groups is 1. The minimum absolute atomic E-state index is 0.0855. The molecule has 0 unspecified atom stereocenters. The molecule has 7 nitrogen and oxygen atoms in total. The molecule has 1 atom stereocenters. The molecular formula is C44H74O7. The third-order valence-electron chi connectivity index (χ3n) is 10.2. The van der Waals surface area contributed by atoms with Crippen LogP contribution in [0.3, 0.4) is 0 Å². The summed E-state index contributed by atoms with van der Waals surface area (Å²) in [5, 5.41) is 9.61. The van der Waals surface area contributed by atoms with Gasteiger partial charge in [0.1, 0.15) is 29.6 Å². The van der Waals surface area contributed by atoms with Crippen LogP contribution in [0.15, 0.2) is 14.9 Å². The Balaban J connectivity index is 1.38. The highest BCUT2D eigenvalue weighted by Crippen LogP contribution is 2.25. The summed E-state index contributed by atoms with van der Waals surface area (Å²) < 4.78 is 22.8. The molecule has 2 rings (SSSR count). The number of hydrogen-bond donors (Lipinski definition) is 1. The number of carbonyl (C=O) groups is 2. The summed E-state index contributed by atoms with van der Waals surface area (Å²) in [7, 11) is 0. The van der Waals surface area contributed by atoms with Gasteiger partial charge in [0.25, 0.3) is 0 Å². The Kier molecular flexibility index (Phi) is 24.5. The van der Waals surface area contributed by atoms with E-state index in [4.69, 9.17) is 18.3 Å². The maximum absolute atomic E-state index is 12.3. The van der Waals surface area contributed by atoms with Crippen LogP contribution in [-0.2, 0) is 44.7 Å². The summed E-state index contributed by atoms with van der Waals surface area (Å²) in [5.74, 6) is 4.03. The van der Waals surface area contributed by atoms with E-state index in [2.05, 4.69) is 40.7 Å². The highest BCUT2D eigenvalue weighted by Gasteiger charge is 2.16. The lowest BCUT2D eigenvalue weighted by atomic mass is 10.0. The van der Waals surface area contributed by atoms with Gasteiger partial charge in [0, 0.05) is 38.5 Å². The van der Waals surface area contributed by atoms with Gasteiger partial charge in [-0.25, -0.2) is 0 Å². The number of aliphatic hydroxyl groups excluding tert-OH is 1. The van der Waals surface area contributed by atoms with Crippen molar-refractivity contribution in [2.45, 2.75) is 208 Å². The molecule has 2 heterocycles. The van der Waals surface area contributed by atoms with Gasteiger partial charge in [-0.2, -0.15) is 0 Å².